The monoisotopic (exact) mass is 214 g/mol. The van der Waals surface area contributed by atoms with Crippen molar-refractivity contribution in [3.05, 3.63) is 59.7 Å². The highest BCUT2D eigenvalue weighted by Gasteiger charge is 1.97. The summed E-state index contributed by atoms with van der Waals surface area (Å²) in [7, 11) is 0. The highest BCUT2D eigenvalue weighted by Crippen LogP contribution is 2.15. The van der Waals surface area contributed by atoms with Crippen LogP contribution in [0.25, 0.3) is 0 Å². The van der Waals surface area contributed by atoms with Crippen LogP contribution in [0.5, 0.6) is 11.5 Å². The number of phenols is 2. The van der Waals surface area contributed by atoms with E-state index in [0.29, 0.717) is 11.5 Å². The lowest BCUT2D eigenvalue weighted by molar-refractivity contribution is 0.474. The van der Waals surface area contributed by atoms with Gasteiger partial charge in [-0.05, 0) is 48.2 Å². The zero-order chi connectivity index (χ0) is 11.4. The number of hydrogen-bond donors (Lipinski definition) is 2. The van der Waals surface area contributed by atoms with Crippen LogP contribution in [-0.4, -0.2) is 10.2 Å². The van der Waals surface area contributed by atoms with E-state index in [9.17, 15) is 5.11 Å². The van der Waals surface area contributed by atoms with Crippen molar-refractivity contribution < 1.29 is 10.2 Å². The van der Waals surface area contributed by atoms with Crippen LogP contribution in [0, 0.1) is 0 Å². The van der Waals surface area contributed by atoms with Crippen molar-refractivity contribution in [3.8, 4) is 11.5 Å². The van der Waals surface area contributed by atoms with Gasteiger partial charge in [-0.1, -0.05) is 24.3 Å². The zero-order valence-corrected chi connectivity index (χ0v) is 8.93. The van der Waals surface area contributed by atoms with Crippen LogP contribution in [0.4, 0.5) is 0 Å². The van der Waals surface area contributed by atoms with Crippen LogP contribution < -0.4 is 0 Å². The molecule has 2 nitrogen and oxygen atoms in total. The van der Waals surface area contributed by atoms with Crippen molar-refractivity contribution in [3.63, 3.8) is 0 Å². The maximum absolute atomic E-state index is 9.31. The summed E-state index contributed by atoms with van der Waals surface area (Å²) in [5.74, 6) is 0.601. The number of aryl methyl sites for hydroxylation is 2. The van der Waals surface area contributed by atoms with Crippen molar-refractivity contribution in [2.45, 2.75) is 12.8 Å². The maximum atomic E-state index is 9.31. The molecular formula is C14H14O2. The average molecular weight is 214 g/mol. The summed E-state index contributed by atoms with van der Waals surface area (Å²) in [4.78, 5) is 0. The number of hydrogen-bond acceptors (Lipinski definition) is 2. The average Bonchev–Trinajstić information content (AvgIpc) is 2.28. The van der Waals surface area contributed by atoms with E-state index in [0.717, 1.165) is 18.4 Å². The molecule has 0 fully saturated rings. The van der Waals surface area contributed by atoms with E-state index in [4.69, 9.17) is 5.11 Å². The summed E-state index contributed by atoms with van der Waals surface area (Å²) in [6.45, 7) is 0. The molecule has 0 aliphatic heterocycles. The molecule has 2 rings (SSSR count). The molecule has 82 valence electrons. The highest BCUT2D eigenvalue weighted by atomic mass is 16.3. The molecule has 0 amide bonds. The molecule has 2 heteroatoms. The Kier molecular flexibility index (Phi) is 3.10. The molecule has 2 aromatic carbocycles. The van der Waals surface area contributed by atoms with Crippen LogP contribution in [-0.2, 0) is 12.8 Å². The van der Waals surface area contributed by atoms with Gasteiger partial charge < -0.3 is 10.2 Å². The second-order valence-electron chi connectivity index (χ2n) is 3.84. The molecule has 2 aromatic rings. The van der Waals surface area contributed by atoms with E-state index in [1.807, 2.05) is 24.3 Å². The molecule has 0 saturated carbocycles. The van der Waals surface area contributed by atoms with Crippen LogP contribution >= 0.6 is 0 Å². The lowest BCUT2D eigenvalue weighted by Gasteiger charge is -2.03. The molecule has 2 N–H and O–H groups in total. The van der Waals surface area contributed by atoms with Gasteiger partial charge in [0.25, 0.3) is 0 Å². The number of rotatable bonds is 3. The molecule has 0 bridgehead atoms. The van der Waals surface area contributed by atoms with Gasteiger partial charge >= 0.3 is 0 Å². The molecule has 0 radical (unpaired) electrons. The zero-order valence-electron chi connectivity index (χ0n) is 8.93. The molecule has 0 aliphatic carbocycles. The standard InChI is InChI=1S/C14H14O2/c15-13-8-6-11(7-9-13)4-5-12-2-1-3-14(16)10-12/h1-3,6-10,15-16H,4-5H2. The van der Waals surface area contributed by atoms with E-state index in [-0.39, 0.29) is 0 Å². The highest BCUT2D eigenvalue weighted by molar-refractivity contribution is 5.29. The summed E-state index contributed by atoms with van der Waals surface area (Å²) in [6, 6.07) is 14.5. The fourth-order valence-electron chi connectivity index (χ4n) is 1.66. The van der Waals surface area contributed by atoms with Gasteiger partial charge in [-0.15, -0.1) is 0 Å². The minimum absolute atomic E-state index is 0.293. The van der Waals surface area contributed by atoms with Crippen LogP contribution in [0.15, 0.2) is 48.5 Å². The lowest BCUT2D eigenvalue weighted by Crippen LogP contribution is -1.90. The molecular weight excluding hydrogens is 200 g/mol. The van der Waals surface area contributed by atoms with Crippen molar-refractivity contribution in [1.29, 1.82) is 0 Å². The van der Waals surface area contributed by atoms with E-state index < -0.39 is 0 Å². The first kappa shape index (κ1) is 10.6. The SMILES string of the molecule is Oc1ccc(CCc2cccc(O)c2)cc1. The quantitative estimate of drug-likeness (QED) is 0.824. The second kappa shape index (κ2) is 4.71. The van der Waals surface area contributed by atoms with Gasteiger partial charge in [-0.3, -0.25) is 0 Å². The van der Waals surface area contributed by atoms with E-state index >= 15 is 0 Å². The van der Waals surface area contributed by atoms with Gasteiger partial charge in [-0.25, -0.2) is 0 Å². The summed E-state index contributed by atoms with van der Waals surface area (Å²) >= 11 is 0. The summed E-state index contributed by atoms with van der Waals surface area (Å²) in [6.07, 6.45) is 1.79. The van der Waals surface area contributed by atoms with Crippen LogP contribution in [0.3, 0.4) is 0 Å². The molecule has 0 unspecified atom stereocenters. The Morgan fingerprint density at radius 2 is 1.38 bits per heavy atom. The Morgan fingerprint density at radius 3 is 2.06 bits per heavy atom. The van der Waals surface area contributed by atoms with Crippen molar-refractivity contribution >= 4 is 0 Å². The fourth-order valence-corrected chi connectivity index (χ4v) is 1.66. The van der Waals surface area contributed by atoms with Crippen molar-refractivity contribution in [1.82, 2.24) is 0 Å². The predicted molar refractivity (Wildman–Crippen MR) is 63.6 cm³/mol. The van der Waals surface area contributed by atoms with Crippen LogP contribution in [0.1, 0.15) is 11.1 Å². The molecule has 0 atom stereocenters. The van der Waals surface area contributed by atoms with Crippen molar-refractivity contribution in [2.24, 2.45) is 0 Å². The lowest BCUT2D eigenvalue weighted by atomic mass is 10.0. The number of aromatic hydroxyl groups is 2. The Bertz CT molecular complexity index is 460. The number of phenolic OH excluding ortho intramolecular Hbond substituents is 2. The predicted octanol–water partition coefficient (Wildman–Crippen LogP) is 2.88. The first-order valence-electron chi connectivity index (χ1n) is 5.30. The summed E-state index contributed by atoms with van der Waals surface area (Å²) in [5.41, 5.74) is 2.30. The Hall–Kier alpha value is -1.96. The van der Waals surface area contributed by atoms with Gasteiger partial charge in [-0.2, -0.15) is 0 Å². The van der Waals surface area contributed by atoms with E-state index in [1.54, 1.807) is 24.3 Å². The molecule has 0 aromatic heterocycles. The minimum atomic E-state index is 0.293. The van der Waals surface area contributed by atoms with Gasteiger partial charge in [0.2, 0.25) is 0 Å². The molecule has 0 saturated heterocycles. The van der Waals surface area contributed by atoms with Gasteiger partial charge in [0.15, 0.2) is 0 Å². The third-order valence-corrected chi connectivity index (χ3v) is 2.55. The first-order chi connectivity index (χ1) is 7.74. The summed E-state index contributed by atoms with van der Waals surface area (Å²) in [5, 5.41) is 18.5. The molecule has 0 heterocycles. The third kappa shape index (κ3) is 2.76. The smallest absolute Gasteiger partial charge is 0.115 e. The Balaban J connectivity index is 1.99. The minimum Gasteiger partial charge on any atom is -0.508 e. The normalized spacial score (nSPS) is 10.2. The molecule has 16 heavy (non-hydrogen) atoms. The van der Waals surface area contributed by atoms with Gasteiger partial charge in [0.05, 0.1) is 0 Å². The first-order valence-corrected chi connectivity index (χ1v) is 5.30. The van der Waals surface area contributed by atoms with E-state index in [2.05, 4.69) is 0 Å². The number of benzene rings is 2. The maximum Gasteiger partial charge on any atom is 0.115 e. The fraction of sp³-hybridized carbons (Fsp3) is 0.143. The van der Waals surface area contributed by atoms with E-state index in [1.165, 1.54) is 5.56 Å². The van der Waals surface area contributed by atoms with Crippen LogP contribution in [0.2, 0.25) is 0 Å². The summed E-state index contributed by atoms with van der Waals surface area (Å²) < 4.78 is 0. The largest absolute Gasteiger partial charge is 0.508 e. The topological polar surface area (TPSA) is 40.5 Å². The van der Waals surface area contributed by atoms with Gasteiger partial charge in [0, 0.05) is 0 Å². The Labute approximate surface area is 94.8 Å². The second-order valence-corrected chi connectivity index (χ2v) is 3.84. The van der Waals surface area contributed by atoms with Crippen molar-refractivity contribution in [2.75, 3.05) is 0 Å². The third-order valence-electron chi connectivity index (χ3n) is 2.55. The van der Waals surface area contributed by atoms with Gasteiger partial charge in [0.1, 0.15) is 11.5 Å². The molecule has 0 aliphatic rings. The molecule has 0 spiro atoms. The Morgan fingerprint density at radius 1 is 0.688 bits per heavy atom.